The van der Waals surface area contributed by atoms with E-state index in [9.17, 15) is 0 Å². The molecule has 1 heterocycles. The Morgan fingerprint density at radius 2 is 2.10 bits per heavy atom. The van der Waals surface area contributed by atoms with Crippen molar-refractivity contribution < 1.29 is 9.47 Å². The Morgan fingerprint density at radius 3 is 2.86 bits per heavy atom. The fourth-order valence-corrected chi connectivity index (χ4v) is 4.02. The maximum atomic E-state index is 6.17. The van der Waals surface area contributed by atoms with Gasteiger partial charge >= 0.3 is 0 Å². The molecule has 0 radical (unpaired) electrons. The molecule has 0 amide bonds. The molecule has 1 unspecified atom stereocenters. The maximum absolute atomic E-state index is 6.17. The topological polar surface area (TPSA) is 30.5 Å². The van der Waals surface area contributed by atoms with Crippen molar-refractivity contribution >= 4 is 21.6 Å². The third-order valence-electron chi connectivity index (χ3n) is 4.79. The molecule has 1 atom stereocenters. The van der Waals surface area contributed by atoms with Crippen molar-refractivity contribution in [2.45, 2.75) is 56.6 Å². The molecule has 1 aliphatic carbocycles. The van der Waals surface area contributed by atoms with Gasteiger partial charge in [-0.25, -0.2) is 0 Å². The van der Waals surface area contributed by atoms with Gasteiger partial charge in [0, 0.05) is 23.2 Å². The summed E-state index contributed by atoms with van der Waals surface area (Å²) < 4.78 is 12.6. The van der Waals surface area contributed by atoms with Gasteiger partial charge in [-0.3, -0.25) is 0 Å². The predicted molar refractivity (Wildman–Crippen MR) is 89.1 cm³/mol. The van der Waals surface area contributed by atoms with Crippen molar-refractivity contribution in [1.82, 2.24) is 0 Å². The predicted octanol–water partition coefficient (Wildman–Crippen LogP) is 4.75. The lowest BCUT2D eigenvalue weighted by Crippen LogP contribution is -2.45. The van der Waals surface area contributed by atoms with Crippen LogP contribution in [-0.4, -0.2) is 25.4 Å². The second-order valence-electron chi connectivity index (χ2n) is 6.27. The average molecular weight is 354 g/mol. The lowest BCUT2D eigenvalue weighted by atomic mass is 9.78. The summed E-state index contributed by atoms with van der Waals surface area (Å²) in [6.07, 6.45) is 8.65. The van der Waals surface area contributed by atoms with Crippen LogP contribution in [0.2, 0.25) is 0 Å². The summed E-state index contributed by atoms with van der Waals surface area (Å²) in [5, 5.41) is 3.69. The van der Waals surface area contributed by atoms with E-state index in [1.807, 2.05) is 12.1 Å². The first-order chi connectivity index (χ1) is 10.2. The molecule has 1 saturated carbocycles. The maximum Gasteiger partial charge on any atom is 0.121 e. The number of methoxy groups -OCH3 is 1. The lowest BCUT2D eigenvalue weighted by molar-refractivity contribution is -0.103. The van der Waals surface area contributed by atoms with E-state index in [4.69, 9.17) is 9.47 Å². The number of rotatable bonds is 3. The minimum atomic E-state index is 0.138. The molecule has 3 nitrogen and oxygen atoms in total. The molecule has 3 rings (SSSR count). The molecule has 21 heavy (non-hydrogen) atoms. The number of hydrogen-bond acceptors (Lipinski definition) is 3. The summed E-state index contributed by atoms with van der Waals surface area (Å²) in [6, 6.07) is 6.56. The van der Waals surface area contributed by atoms with Crippen LogP contribution >= 0.6 is 15.9 Å². The molecule has 0 bridgehead atoms. The van der Waals surface area contributed by atoms with Crippen LogP contribution < -0.4 is 10.1 Å². The monoisotopic (exact) mass is 353 g/mol. The highest BCUT2D eigenvalue weighted by atomic mass is 79.9. The normalized spacial score (nSPS) is 24.8. The minimum Gasteiger partial charge on any atom is -0.497 e. The van der Waals surface area contributed by atoms with Crippen LogP contribution in [0, 0.1) is 0 Å². The van der Waals surface area contributed by atoms with Crippen LogP contribution in [0.5, 0.6) is 5.75 Å². The molecule has 0 aromatic heterocycles. The first kappa shape index (κ1) is 15.2. The van der Waals surface area contributed by atoms with E-state index in [0.29, 0.717) is 6.04 Å². The Morgan fingerprint density at radius 1 is 1.29 bits per heavy atom. The van der Waals surface area contributed by atoms with E-state index in [1.54, 1.807) is 7.11 Å². The third-order valence-corrected chi connectivity index (χ3v) is 5.48. The van der Waals surface area contributed by atoms with Crippen LogP contribution in [0.15, 0.2) is 22.7 Å². The standard InChI is InChI=1S/C17H24BrNO2/c1-20-14-5-6-15(18)16(11-14)19-13-7-10-21-17(12-13)8-3-2-4-9-17/h5-6,11,13,19H,2-4,7-10,12H2,1H3. The van der Waals surface area contributed by atoms with Gasteiger partial charge in [0.25, 0.3) is 0 Å². The number of anilines is 1. The van der Waals surface area contributed by atoms with Gasteiger partial charge in [0.1, 0.15) is 5.75 Å². The van der Waals surface area contributed by atoms with E-state index >= 15 is 0 Å². The molecule has 1 N–H and O–H groups in total. The van der Waals surface area contributed by atoms with Crippen molar-refractivity contribution in [2.75, 3.05) is 19.0 Å². The summed E-state index contributed by atoms with van der Waals surface area (Å²) >= 11 is 3.62. The second-order valence-corrected chi connectivity index (χ2v) is 7.13. The van der Waals surface area contributed by atoms with Gasteiger partial charge in [0.05, 0.1) is 18.4 Å². The molecule has 2 fully saturated rings. The largest absolute Gasteiger partial charge is 0.497 e. The highest BCUT2D eigenvalue weighted by Gasteiger charge is 2.38. The summed E-state index contributed by atoms with van der Waals surface area (Å²) in [5.74, 6) is 0.889. The molecular weight excluding hydrogens is 330 g/mol. The molecule has 1 aromatic carbocycles. The van der Waals surface area contributed by atoms with E-state index in [0.717, 1.165) is 35.4 Å². The Balaban J connectivity index is 1.69. The Bertz CT molecular complexity index is 480. The number of halogens is 1. The van der Waals surface area contributed by atoms with Gasteiger partial charge in [0.2, 0.25) is 0 Å². The van der Waals surface area contributed by atoms with Crippen molar-refractivity contribution in [1.29, 1.82) is 0 Å². The summed E-state index contributed by atoms with van der Waals surface area (Å²) in [5.41, 5.74) is 1.26. The lowest BCUT2D eigenvalue weighted by Gasteiger charge is -2.44. The van der Waals surface area contributed by atoms with Crippen molar-refractivity contribution in [3.8, 4) is 5.75 Å². The fraction of sp³-hybridized carbons (Fsp3) is 0.647. The summed E-state index contributed by atoms with van der Waals surface area (Å²) in [6.45, 7) is 0.874. The van der Waals surface area contributed by atoms with Gasteiger partial charge in [-0.15, -0.1) is 0 Å². The van der Waals surface area contributed by atoms with Gasteiger partial charge in [-0.1, -0.05) is 19.3 Å². The highest BCUT2D eigenvalue weighted by Crippen LogP contribution is 2.40. The van der Waals surface area contributed by atoms with E-state index < -0.39 is 0 Å². The molecular formula is C17H24BrNO2. The van der Waals surface area contributed by atoms with Gasteiger partial charge in [-0.05, 0) is 53.7 Å². The van der Waals surface area contributed by atoms with Crippen molar-refractivity contribution in [2.24, 2.45) is 0 Å². The zero-order chi connectivity index (χ0) is 14.7. The van der Waals surface area contributed by atoms with Gasteiger partial charge in [0.15, 0.2) is 0 Å². The second kappa shape index (κ2) is 6.57. The van der Waals surface area contributed by atoms with E-state index in [1.165, 1.54) is 32.1 Å². The quantitative estimate of drug-likeness (QED) is 0.850. The van der Waals surface area contributed by atoms with Crippen LogP contribution in [0.25, 0.3) is 0 Å². The molecule has 1 spiro atoms. The van der Waals surface area contributed by atoms with Crippen LogP contribution in [0.4, 0.5) is 5.69 Å². The van der Waals surface area contributed by atoms with Gasteiger partial charge < -0.3 is 14.8 Å². The smallest absolute Gasteiger partial charge is 0.121 e. The van der Waals surface area contributed by atoms with Crippen LogP contribution in [0.3, 0.4) is 0 Å². The fourth-order valence-electron chi connectivity index (χ4n) is 3.66. The molecule has 4 heteroatoms. The third kappa shape index (κ3) is 3.54. The molecule has 1 aromatic rings. The summed E-state index contributed by atoms with van der Waals surface area (Å²) in [4.78, 5) is 0. The Hall–Kier alpha value is -0.740. The number of hydrogen-bond donors (Lipinski definition) is 1. The van der Waals surface area contributed by atoms with Crippen molar-refractivity contribution in [3.05, 3.63) is 22.7 Å². The van der Waals surface area contributed by atoms with Crippen LogP contribution in [0.1, 0.15) is 44.9 Å². The number of ether oxygens (including phenoxy) is 2. The first-order valence-electron chi connectivity index (χ1n) is 7.95. The van der Waals surface area contributed by atoms with E-state index in [-0.39, 0.29) is 5.60 Å². The first-order valence-corrected chi connectivity index (χ1v) is 8.74. The number of benzene rings is 1. The average Bonchev–Trinajstić information content (AvgIpc) is 2.50. The Labute approximate surface area is 135 Å². The highest BCUT2D eigenvalue weighted by molar-refractivity contribution is 9.10. The molecule has 116 valence electrons. The summed E-state index contributed by atoms with van der Waals surface area (Å²) in [7, 11) is 1.71. The molecule has 2 aliphatic rings. The van der Waals surface area contributed by atoms with E-state index in [2.05, 4.69) is 27.3 Å². The molecule has 1 saturated heterocycles. The zero-order valence-electron chi connectivity index (χ0n) is 12.7. The zero-order valence-corrected chi connectivity index (χ0v) is 14.2. The number of nitrogens with one attached hydrogen (secondary N) is 1. The molecule has 1 aliphatic heterocycles. The van der Waals surface area contributed by atoms with Crippen molar-refractivity contribution in [3.63, 3.8) is 0 Å². The Kier molecular flexibility index (Phi) is 4.75. The van der Waals surface area contributed by atoms with Gasteiger partial charge in [-0.2, -0.15) is 0 Å². The van der Waals surface area contributed by atoms with Crippen LogP contribution in [-0.2, 0) is 4.74 Å². The minimum absolute atomic E-state index is 0.138. The SMILES string of the molecule is COc1ccc(Br)c(NC2CCOC3(CCCCC3)C2)c1.